The SMILES string of the molecule is COc1cc(N)c(C(CC=O)c2ccc(O)cc2)c(OC)c1. The van der Waals surface area contributed by atoms with Gasteiger partial charge in [-0.15, -0.1) is 0 Å². The average Bonchev–Trinajstić information content (AvgIpc) is 2.53. The van der Waals surface area contributed by atoms with Crippen molar-refractivity contribution in [3.63, 3.8) is 0 Å². The maximum Gasteiger partial charge on any atom is 0.128 e. The highest BCUT2D eigenvalue weighted by molar-refractivity contribution is 5.65. The molecule has 116 valence electrons. The number of hydrogen-bond donors (Lipinski definition) is 2. The van der Waals surface area contributed by atoms with Gasteiger partial charge in [0.2, 0.25) is 0 Å². The van der Waals surface area contributed by atoms with Gasteiger partial charge in [0, 0.05) is 35.7 Å². The number of carbonyl (C=O) groups is 1. The molecule has 0 heterocycles. The Morgan fingerprint density at radius 1 is 1.18 bits per heavy atom. The number of rotatable bonds is 6. The first-order valence-corrected chi connectivity index (χ1v) is 6.84. The summed E-state index contributed by atoms with van der Waals surface area (Å²) in [5, 5.41) is 9.43. The minimum Gasteiger partial charge on any atom is -0.508 e. The zero-order valence-electron chi connectivity index (χ0n) is 12.6. The molecular weight excluding hydrogens is 282 g/mol. The number of hydrogen-bond acceptors (Lipinski definition) is 5. The minimum absolute atomic E-state index is 0.170. The molecule has 0 fully saturated rings. The molecule has 2 aromatic rings. The minimum atomic E-state index is -0.251. The Labute approximate surface area is 129 Å². The lowest BCUT2D eigenvalue weighted by Gasteiger charge is -2.21. The van der Waals surface area contributed by atoms with Crippen LogP contribution >= 0.6 is 0 Å². The van der Waals surface area contributed by atoms with Crippen molar-refractivity contribution in [3.8, 4) is 17.2 Å². The Morgan fingerprint density at radius 2 is 1.86 bits per heavy atom. The Hall–Kier alpha value is -2.69. The van der Waals surface area contributed by atoms with Gasteiger partial charge in [0.1, 0.15) is 23.5 Å². The van der Waals surface area contributed by atoms with E-state index in [2.05, 4.69) is 0 Å². The second-order valence-corrected chi connectivity index (χ2v) is 4.88. The quantitative estimate of drug-likeness (QED) is 0.633. The normalized spacial score (nSPS) is 11.7. The molecule has 0 spiro atoms. The van der Waals surface area contributed by atoms with E-state index in [0.717, 1.165) is 17.4 Å². The number of phenols is 1. The fourth-order valence-corrected chi connectivity index (χ4v) is 2.50. The van der Waals surface area contributed by atoms with Gasteiger partial charge in [0.05, 0.1) is 14.2 Å². The molecule has 0 aliphatic rings. The predicted molar refractivity (Wildman–Crippen MR) is 84.6 cm³/mol. The number of anilines is 1. The summed E-state index contributed by atoms with van der Waals surface area (Å²) in [6, 6.07) is 10.2. The monoisotopic (exact) mass is 301 g/mol. The van der Waals surface area contributed by atoms with Crippen molar-refractivity contribution in [1.29, 1.82) is 0 Å². The number of ether oxygens (including phenoxy) is 2. The second-order valence-electron chi connectivity index (χ2n) is 4.88. The molecule has 0 aromatic heterocycles. The number of benzene rings is 2. The molecule has 0 amide bonds. The molecule has 5 heteroatoms. The van der Waals surface area contributed by atoms with Gasteiger partial charge in [-0.1, -0.05) is 12.1 Å². The van der Waals surface area contributed by atoms with Crippen molar-refractivity contribution in [2.24, 2.45) is 0 Å². The molecule has 3 N–H and O–H groups in total. The summed E-state index contributed by atoms with van der Waals surface area (Å²) in [6.07, 6.45) is 1.11. The van der Waals surface area contributed by atoms with Gasteiger partial charge < -0.3 is 25.1 Å². The average molecular weight is 301 g/mol. The van der Waals surface area contributed by atoms with E-state index in [1.165, 1.54) is 0 Å². The largest absolute Gasteiger partial charge is 0.508 e. The number of methoxy groups -OCH3 is 2. The van der Waals surface area contributed by atoms with Crippen LogP contribution in [-0.4, -0.2) is 25.6 Å². The number of carbonyl (C=O) groups excluding carboxylic acids is 1. The van der Waals surface area contributed by atoms with Crippen LogP contribution in [0.15, 0.2) is 36.4 Å². The summed E-state index contributed by atoms with van der Waals surface area (Å²) >= 11 is 0. The molecular formula is C17H19NO4. The van der Waals surface area contributed by atoms with Gasteiger partial charge >= 0.3 is 0 Å². The summed E-state index contributed by atoms with van der Waals surface area (Å²) < 4.78 is 10.6. The third-order valence-electron chi connectivity index (χ3n) is 3.58. The molecule has 1 unspecified atom stereocenters. The molecule has 0 bridgehead atoms. The first-order valence-electron chi connectivity index (χ1n) is 6.84. The third kappa shape index (κ3) is 3.14. The zero-order valence-corrected chi connectivity index (χ0v) is 12.6. The molecule has 0 saturated carbocycles. The lowest BCUT2D eigenvalue weighted by molar-refractivity contribution is -0.108. The van der Waals surface area contributed by atoms with E-state index in [1.807, 2.05) is 0 Å². The number of nitrogen functional groups attached to an aromatic ring is 1. The highest BCUT2D eigenvalue weighted by atomic mass is 16.5. The maximum absolute atomic E-state index is 11.1. The summed E-state index contributed by atoms with van der Waals surface area (Å²) in [5.74, 6) is 1.08. The van der Waals surface area contributed by atoms with Crippen LogP contribution in [0.2, 0.25) is 0 Å². The van der Waals surface area contributed by atoms with Crippen molar-refractivity contribution in [3.05, 3.63) is 47.5 Å². The smallest absolute Gasteiger partial charge is 0.128 e. The zero-order chi connectivity index (χ0) is 16.1. The molecule has 0 radical (unpaired) electrons. The molecule has 1 atom stereocenters. The van der Waals surface area contributed by atoms with Crippen LogP contribution in [0.1, 0.15) is 23.5 Å². The Kier molecular flexibility index (Phi) is 4.88. The van der Waals surface area contributed by atoms with Gasteiger partial charge in [-0.2, -0.15) is 0 Å². The molecule has 2 rings (SSSR count). The molecule has 5 nitrogen and oxygen atoms in total. The first-order chi connectivity index (χ1) is 10.6. The van der Waals surface area contributed by atoms with Gasteiger partial charge in [-0.3, -0.25) is 0 Å². The van der Waals surface area contributed by atoms with Crippen molar-refractivity contribution >= 4 is 12.0 Å². The summed E-state index contributed by atoms with van der Waals surface area (Å²) in [5.41, 5.74) is 8.26. The van der Waals surface area contributed by atoms with Crippen LogP contribution in [0.4, 0.5) is 5.69 Å². The van der Waals surface area contributed by atoms with Crippen LogP contribution in [-0.2, 0) is 4.79 Å². The summed E-state index contributed by atoms with van der Waals surface area (Å²) in [6.45, 7) is 0. The highest BCUT2D eigenvalue weighted by Crippen LogP contribution is 2.40. The van der Waals surface area contributed by atoms with E-state index in [4.69, 9.17) is 15.2 Å². The van der Waals surface area contributed by atoms with E-state index < -0.39 is 0 Å². The van der Waals surface area contributed by atoms with Crippen molar-refractivity contribution < 1.29 is 19.4 Å². The Balaban J connectivity index is 2.57. The number of aldehydes is 1. The van der Waals surface area contributed by atoms with Gasteiger partial charge in [-0.05, 0) is 17.7 Å². The molecule has 0 aliphatic heterocycles. The van der Waals surface area contributed by atoms with Gasteiger partial charge in [-0.25, -0.2) is 0 Å². The van der Waals surface area contributed by atoms with Crippen LogP contribution in [0.25, 0.3) is 0 Å². The fraction of sp³-hybridized carbons (Fsp3) is 0.235. The van der Waals surface area contributed by atoms with Crippen LogP contribution in [0, 0.1) is 0 Å². The molecule has 0 aliphatic carbocycles. The van der Waals surface area contributed by atoms with E-state index in [1.54, 1.807) is 50.6 Å². The fourth-order valence-electron chi connectivity index (χ4n) is 2.50. The summed E-state index contributed by atoms with van der Waals surface area (Å²) in [7, 11) is 3.10. The Bertz CT molecular complexity index is 652. The van der Waals surface area contributed by atoms with Crippen LogP contribution < -0.4 is 15.2 Å². The van der Waals surface area contributed by atoms with E-state index in [9.17, 15) is 9.90 Å². The molecule has 2 aromatic carbocycles. The molecule has 0 saturated heterocycles. The van der Waals surface area contributed by atoms with Gasteiger partial charge in [0.15, 0.2) is 0 Å². The van der Waals surface area contributed by atoms with Crippen LogP contribution in [0.3, 0.4) is 0 Å². The van der Waals surface area contributed by atoms with E-state index >= 15 is 0 Å². The van der Waals surface area contributed by atoms with E-state index in [-0.39, 0.29) is 18.1 Å². The number of nitrogens with two attached hydrogens (primary N) is 1. The first kappa shape index (κ1) is 15.7. The van der Waals surface area contributed by atoms with Crippen molar-refractivity contribution in [2.45, 2.75) is 12.3 Å². The predicted octanol–water partition coefficient (Wildman–Crippen LogP) is 2.71. The maximum atomic E-state index is 11.1. The van der Waals surface area contributed by atoms with Crippen molar-refractivity contribution in [2.75, 3.05) is 20.0 Å². The molecule has 22 heavy (non-hydrogen) atoms. The lowest BCUT2D eigenvalue weighted by atomic mass is 9.87. The highest BCUT2D eigenvalue weighted by Gasteiger charge is 2.22. The standard InChI is InChI=1S/C17H19NO4/c1-21-13-9-15(18)17(16(10-13)22-2)14(7-8-19)11-3-5-12(20)6-4-11/h3-6,8-10,14,20H,7,18H2,1-2H3. The summed E-state index contributed by atoms with van der Waals surface area (Å²) in [4.78, 5) is 11.1. The number of aromatic hydroxyl groups is 1. The third-order valence-corrected chi connectivity index (χ3v) is 3.58. The topological polar surface area (TPSA) is 81.8 Å². The van der Waals surface area contributed by atoms with Crippen molar-refractivity contribution in [1.82, 2.24) is 0 Å². The lowest BCUT2D eigenvalue weighted by Crippen LogP contribution is -2.08. The Morgan fingerprint density at radius 3 is 2.41 bits per heavy atom. The van der Waals surface area contributed by atoms with Crippen LogP contribution in [0.5, 0.6) is 17.2 Å². The number of phenolic OH excluding ortho intramolecular Hbond substituents is 1. The van der Waals surface area contributed by atoms with Gasteiger partial charge in [0.25, 0.3) is 0 Å². The second kappa shape index (κ2) is 6.85. The van der Waals surface area contributed by atoms with E-state index in [0.29, 0.717) is 17.2 Å².